The van der Waals surface area contributed by atoms with Crippen LogP contribution in [0.3, 0.4) is 0 Å². The van der Waals surface area contributed by atoms with Gasteiger partial charge in [-0.25, -0.2) is 0 Å². The number of esters is 1. The molecule has 114 valence electrons. The van der Waals surface area contributed by atoms with Crippen molar-refractivity contribution in [3.63, 3.8) is 0 Å². The molecule has 1 aliphatic carbocycles. The lowest BCUT2D eigenvalue weighted by Crippen LogP contribution is -2.37. The number of carbonyl (C=O) groups excluding carboxylic acids is 1. The average Bonchev–Trinajstić information content (AvgIpc) is 2.98. The summed E-state index contributed by atoms with van der Waals surface area (Å²) in [4.78, 5) is 11.5. The molecular weight excluding hydrogens is 252 g/mol. The van der Waals surface area contributed by atoms with Gasteiger partial charge in [0.05, 0.1) is 5.60 Å². The van der Waals surface area contributed by atoms with Gasteiger partial charge in [-0.3, -0.25) is 4.79 Å². The third-order valence-electron chi connectivity index (χ3n) is 4.83. The van der Waals surface area contributed by atoms with E-state index in [9.17, 15) is 4.79 Å². The maximum absolute atomic E-state index is 11.5. The van der Waals surface area contributed by atoms with E-state index in [1.807, 2.05) is 0 Å². The fourth-order valence-electron chi connectivity index (χ4n) is 3.42. The second-order valence-electron chi connectivity index (χ2n) is 6.96. The zero-order valence-corrected chi connectivity index (χ0v) is 13.4. The van der Waals surface area contributed by atoms with Crippen LogP contribution in [-0.4, -0.2) is 23.8 Å². The Hall–Kier alpha value is -0.830. The molecule has 1 unspecified atom stereocenters. The second-order valence-corrected chi connectivity index (χ2v) is 6.96. The minimum absolute atomic E-state index is 0.0746. The van der Waals surface area contributed by atoms with E-state index in [2.05, 4.69) is 33.8 Å². The Kier molecular flexibility index (Phi) is 4.58. The average molecular weight is 280 g/mol. The van der Waals surface area contributed by atoms with Crippen molar-refractivity contribution in [3.8, 4) is 0 Å². The van der Waals surface area contributed by atoms with Crippen molar-refractivity contribution in [2.24, 2.45) is 11.8 Å². The topological polar surface area (TPSA) is 38.8 Å². The predicted octanol–water partition coefficient (Wildman–Crippen LogP) is 3.87. The summed E-state index contributed by atoms with van der Waals surface area (Å²) in [6.45, 7) is 10.3. The van der Waals surface area contributed by atoms with Crippen LogP contribution in [0.4, 0.5) is 0 Å². The molecule has 0 radical (unpaired) electrons. The van der Waals surface area contributed by atoms with Crippen LogP contribution >= 0.6 is 0 Å². The predicted molar refractivity (Wildman–Crippen MR) is 79.4 cm³/mol. The molecule has 0 saturated carbocycles. The molecule has 3 heteroatoms. The number of hydrogen-bond donors (Lipinski definition) is 0. The number of ether oxygens (including phenoxy) is 2. The summed E-state index contributed by atoms with van der Waals surface area (Å²) in [5, 5.41) is 0. The first kappa shape index (κ1) is 15.6. The zero-order valence-electron chi connectivity index (χ0n) is 13.4. The fraction of sp³-hybridized carbons (Fsp3) is 0.824. The molecule has 4 atom stereocenters. The minimum atomic E-state index is -0.192. The highest BCUT2D eigenvalue weighted by molar-refractivity contribution is 5.66. The van der Waals surface area contributed by atoms with Crippen LogP contribution in [0.15, 0.2) is 11.6 Å². The van der Waals surface area contributed by atoms with Crippen LogP contribution in [0, 0.1) is 11.8 Å². The van der Waals surface area contributed by atoms with Crippen molar-refractivity contribution < 1.29 is 14.3 Å². The lowest BCUT2D eigenvalue weighted by Gasteiger charge is -2.30. The standard InChI is InChI=1S/C17H28O3/c1-11(2)14-9-8-12(3)7-6-10-17(5)16(20-17)15(14)19-13(4)18/h7,11,14-16H,6,8-10H2,1-5H3/b12-7+/t14-,15?,16-,17-/m0/s1. The van der Waals surface area contributed by atoms with Gasteiger partial charge in [-0.1, -0.05) is 25.5 Å². The summed E-state index contributed by atoms with van der Waals surface area (Å²) in [6, 6.07) is 0. The zero-order chi connectivity index (χ0) is 14.9. The third-order valence-corrected chi connectivity index (χ3v) is 4.83. The van der Waals surface area contributed by atoms with E-state index in [1.165, 1.54) is 12.5 Å². The Morgan fingerprint density at radius 3 is 2.80 bits per heavy atom. The molecule has 1 heterocycles. The normalized spacial score (nSPS) is 40.5. The molecule has 0 N–H and O–H groups in total. The van der Waals surface area contributed by atoms with E-state index in [1.54, 1.807) is 0 Å². The number of carbonyl (C=O) groups is 1. The fourth-order valence-corrected chi connectivity index (χ4v) is 3.42. The van der Waals surface area contributed by atoms with E-state index in [4.69, 9.17) is 9.47 Å². The van der Waals surface area contributed by atoms with Crippen LogP contribution in [-0.2, 0) is 14.3 Å². The summed E-state index contributed by atoms with van der Waals surface area (Å²) in [7, 11) is 0. The number of hydrogen-bond acceptors (Lipinski definition) is 3. The highest BCUT2D eigenvalue weighted by Crippen LogP contribution is 2.47. The van der Waals surface area contributed by atoms with Gasteiger partial charge in [0.25, 0.3) is 0 Å². The lowest BCUT2D eigenvalue weighted by atomic mass is 9.80. The van der Waals surface area contributed by atoms with Crippen LogP contribution < -0.4 is 0 Å². The molecule has 0 bridgehead atoms. The molecule has 0 spiro atoms. The molecule has 20 heavy (non-hydrogen) atoms. The summed E-state index contributed by atoms with van der Waals surface area (Å²) in [5.74, 6) is 0.662. The number of allylic oxidation sites excluding steroid dienone is 2. The highest BCUT2D eigenvalue weighted by atomic mass is 16.6. The van der Waals surface area contributed by atoms with Gasteiger partial charge in [0, 0.05) is 12.8 Å². The molecule has 1 aliphatic heterocycles. The van der Waals surface area contributed by atoms with Gasteiger partial charge in [0.2, 0.25) is 0 Å². The van der Waals surface area contributed by atoms with Crippen molar-refractivity contribution in [2.75, 3.05) is 0 Å². The minimum Gasteiger partial charge on any atom is -0.459 e. The molecular formula is C17H28O3. The quantitative estimate of drug-likeness (QED) is 0.438. The Balaban J connectivity index is 2.23. The largest absolute Gasteiger partial charge is 0.459 e. The molecule has 1 saturated heterocycles. The van der Waals surface area contributed by atoms with Gasteiger partial charge in [-0.2, -0.15) is 0 Å². The van der Waals surface area contributed by atoms with Crippen LogP contribution in [0.5, 0.6) is 0 Å². The molecule has 2 aliphatic rings. The summed E-state index contributed by atoms with van der Waals surface area (Å²) < 4.78 is 11.6. The van der Waals surface area contributed by atoms with Crippen molar-refractivity contribution in [3.05, 3.63) is 11.6 Å². The van der Waals surface area contributed by atoms with E-state index in [0.29, 0.717) is 11.8 Å². The molecule has 0 aromatic carbocycles. The first-order valence-corrected chi connectivity index (χ1v) is 7.84. The molecule has 0 aromatic heterocycles. The smallest absolute Gasteiger partial charge is 0.303 e. The van der Waals surface area contributed by atoms with Gasteiger partial charge >= 0.3 is 5.97 Å². The van der Waals surface area contributed by atoms with Gasteiger partial charge in [0.1, 0.15) is 12.2 Å². The monoisotopic (exact) mass is 280 g/mol. The Morgan fingerprint density at radius 1 is 1.50 bits per heavy atom. The number of fused-ring (bicyclic) bond motifs is 1. The Morgan fingerprint density at radius 2 is 2.20 bits per heavy atom. The molecule has 3 nitrogen and oxygen atoms in total. The summed E-state index contributed by atoms with van der Waals surface area (Å²) in [6.07, 6.45) is 6.54. The Bertz CT molecular complexity index is 399. The summed E-state index contributed by atoms with van der Waals surface area (Å²) >= 11 is 0. The number of epoxide rings is 1. The van der Waals surface area contributed by atoms with Crippen LogP contribution in [0.1, 0.15) is 60.3 Å². The highest BCUT2D eigenvalue weighted by Gasteiger charge is 2.58. The molecule has 2 rings (SSSR count). The van der Waals surface area contributed by atoms with E-state index >= 15 is 0 Å². The SMILES string of the molecule is CC(=O)OC1[C@H](C(C)C)CC/C(C)=C/CC[C@]2(C)O[C@@H]12. The second kappa shape index (κ2) is 5.88. The van der Waals surface area contributed by atoms with Crippen molar-refractivity contribution >= 4 is 5.97 Å². The maximum atomic E-state index is 11.5. The van der Waals surface area contributed by atoms with Gasteiger partial charge in [0.15, 0.2) is 0 Å². The van der Waals surface area contributed by atoms with E-state index in [0.717, 1.165) is 25.7 Å². The number of rotatable bonds is 2. The van der Waals surface area contributed by atoms with E-state index < -0.39 is 0 Å². The maximum Gasteiger partial charge on any atom is 0.303 e. The molecule has 0 aromatic rings. The summed E-state index contributed by atoms with van der Waals surface area (Å²) in [5.41, 5.74) is 1.33. The van der Waals surface area contributed by atoms with Crippen molar-refractivity contribution in [1.82, 2.24) is 0 Å². The first-order chi connectivity index (χ1) is 9.33. The van der Waals surface area contributed by atoms with E-state index in [-0.39, 0.29) is 23.8 Å². The lowest BCUT2D eigenvalue weighted by molar-refractivity contribution is -0.151. The van der Waals surface area contributed by atoms with Crippen LogP contribution in [0.2, 0.25) is 0 Å². The first-order valence-electron chi connectivity index (χ1n) is 7.84. The van der Waals surface area contributed by atoms with Crippen molar-refractivity contribution in [2.45, 2.75) is 78.1 Å². The van der Waals surface area contributed by atoms with Gasteiger partial charge in [-0.15, -0.1) is 0 Å². The Labute approximate surface area is 122 Å². The van der Waals surface area contributed by atoms with Gasteiger partial charge < -0.3 is 9.47 Å². The van der Waals surface area contributed by atoms with Crippen molar-refractivity contribution in [1.29, 1.82) is 0 Å². The third kappa shape index (κ3) is 3.43. The molecule has 0 amide bonds. The molecule has 1 fully saturated rings. The van der Waals surface area contributed by atoms with Gasteiger partial charge in [-0.05, 0) is 45.4 Å². The van der Waals surface area contributed by atoms with Crippen LogP contribution in [0.25, 0.3) is 0 Å².